The normalized spacial score (nSPS) is 14.5. The number of ether oxygens (including phenoxy) is 2. The predicted octanol–water partition coefficient (Wildman–Crippen LogP) is 2.55. The Bertz CT molecular complexity index is 497. The van der Waals surface area contributed by atoms with Crippen LogP contribution in [0.25, 0.3) is 5.57 Å². The van der Waals surface area contributed by atoms with Gasteiger partial charge < -0.3 is 9.47 Å². The van der Waals surface area contributed by atoms with E-state index in [1.54, 1.807) is 13.2 Å². The number of carbonyl (C=O) groups excluding carboxylic acids is 1. The minimum absolute atomic E-state index is 0.210. The number of pyridine rings is 1. The van der Waals surface area contributed by atoms with E-state index in [1.807, 2.05) is 13.0 Å². The van der Waals surface area contributed by atoms with E-state index < -0.39 is 0 Å². The highest BCUT2D eigenvalue weighted by Gasteiger charge is 2.20. The molecule has 90 valence electrons. The Morgan fingerprint density at radius 3 is 3.00 bits per heavy atom. The molecule has 0 radical (unpaired) electrons. The number of rotatable bonds is 2. The van der Waals surface area contributed by atoms with Crippen molar-refractivity contribution in [1.29, 1.82) is 0 Å². The largest absolute Gasteiger partial charge is 0.481 e. The zero-order chi connectivity index (χ0) is 12.4. The molecular weight excluding hydrogens is 333 g/mol. The van der Waals surface area contributed by atoms with Gasteiger partial charge in [0.1, 0.15) is 10.3 Å². The second-order valence-electron chi connectivity index (χ2n) is 3.61. The number of allylic oxidation sites excluding steroid dienone is 1. The lowest BCUT2D eigenvalue weighted by atomic mass is 10.00. The van der Waals surface area contributed by atoms with Gasteiger partial charge in [0.05, 0.1) is 12.7 Å². The van der Waals surface area contributed by atoms with E-state index in [1.165, 1.54) is 0 Å². The standard InChI is InChI=1S/C12H12INO3/c1-3-7-4-11(15)17-6-9-8(7)5-10(13)14-12(9)16-2/h4-5H,3,6H2,1-2H3. The van der Waals surface area contributed by atoms with Crippen molar-refractivity contribution < 1.29 is 14.3 Å². The molecule has 2 rings (SSSR count). The molecule has 0 saturated carbocycles. The third kappa shape index (κ3) is 2.43. The quantitative estimate of drug-likeness (QED) is 0.470. The van der Waals surface area contributed by atoms with Crippen LogP contribution in [0.5, 0.6) is 5.88 Å². The van der Waals surface area contributed by atoms with Gasteiger partial charge >= 0.3 is 5.97 Å². The van der Waals surface area contributed by atoms with E-state index in [4.69, 9.17) is 9.47 Å². The summed E-state index contributed by atoms with van der Waals surface area (Å²) in [5.41, 5.74) is 2.79. The molecule has 1 aromatic rings. The third-order valence-corrected chi connectivity index (χ3v) is 3.18. The van der Waals surface area contributed by atoms with Crippen molar-refractivity contribution in [3.05, 3.63) is 27.0 Å². The average Bonchev–Trinajstić information content (AvgIpc) is 2.48. The number of aromatic nitrogens is 1. The predicted molar refractivity (Wildman–Crippen MR) is 71.6 cm³/mol. The molecule has 0 N–H and O–H groups in total. The van der Waals surface area contributed by atoms with Crippen LogP contribution in [0.1, 0.15) is 24.5 Å². The Hall–Kier alpha value is -1.11. The van der Waals surface area contributed by atoms with Crippen molar-refractivity contribution in [2.75, 3.05) is 7.11 Å². The number of carbonyl (C=O) groups is 1. The maximum Gasteiger partial charge on any atom is 0.331 e. The van der Waals surface area contributed by atoms with Gasteiger partial charge in [0.25, 0.3) is 0 Å². The van der Waals surface area contributed by atoms with Gasteiger partial charge in [-0.05, 0) is 46.2 Å². The Morgan fingerprint density at radius 1 is 1.59 bits per heavy atom. The van der Waals surface area contributed by atoms with E-state index in [2.05, 4.69) is 27.6 Å². The third-order valence-electron chi connectivity index (χ3n) is 2.63. The van der Waals surface area contributed by atoms with Gasteiger partial charge in [-0.25, -0.2) is 9.78 Å². The van der Waals surface area contributed by atoms with Crippen molar-refractivity contribution in [3.8, 4) is 5.88 Å². The van der Waals surface area contributed by atoms with Crippen molar-refractivity contribution in [3.63, 3.8) is 0 Å². The molecule has 2 heterocycles. The first-order valence-corrected chi connectivity index (χ1v) is 6.34. The van der Waals surface area contributed by atoms with Crippen LogP contribution >= 0.6 is 22.6 Å². The highest BCUT2D eigenvalue weighted by atomic mass is 127. The van der Waals surface area contributed by atoms with Gasteiger partial charge in [0.15, 0.2) is 0 Å². The molecule has 0 aromatic carbocycles. The average molecular weight is 345 g/mol. The number of fused-ring (bicyclic) bond motifs is 1. The smallest absolute Gasteiger partial charge is 0.331 e. The van der Waals surface area contributed by atoms with E-state index in [0.29, 0.717) is 5.88 Å². The number of methoxy groups -OCH3 is 1. The highest BCUT2D eigenvalue weighted by molar-refractivity contribution is 14.1. The molecular formula is C12H12INO3. The number of esters is 1. The number of cyclic esters (lactones) is 1. The molecule has 4 nitrogen and oxygen atoms in total. The fraction of sp³-hybridized carbons (Fsp3) is 0.333. The van der Waals surface area contributed by atoms with Gasteiger partial charge in [-0.3, -0.25) is 0 Å². The Labute approximate surface area is 113 Å². The summed E-state index contributed by atoms with van der Waals surface area (Å²) in [4.78, 5) is 15.7. The van der Waals surface area contributed by atoms with Gasteiger partial charge in [0, 0.05) is 6.08 Å². The summed E-state index contributed by atoms with van der Waals surface area (Å²) in [6.07, 6.45) is 2.31. The maximum absolute atomic E-state index is 11.4. The molecule has 5 heteroatoms. The number of halogens is 1. The van der Waals surface area contributed by atoms with Gasteiger partial charge in [-0.15, -0.1) is 0 Å². The lowest BCUT2D eigenvalue weighted by molar-refractivity contribution is -0.138. The molecule has 0 saturated heterocycles. The summed E-state index contributed by atoms with van der Waals surface area (Å²) in [6, 6.07) is 1.95. The summed E-state index contributed by atoms with van der Waals surface area (Å²) >= 11 is 2.14. The summed E-state index contributed by atoms with van der Waals surface area (Å²) in [5, 5.41) is 0. The molecule has 1 aliphatic rings. The van der Waals surface area contributed by atoms with Crippen LogP contribution in [0.2, 0.25) is 0 Å². The first-order chi connectivity index (χ1) is 8.15. The molecule has 0 atom stereocenters. The minimum atomic E-state index is -0.310. The van der Waals surface area contributed by atoms with E-state index in [0.717, 1.165) is 26.8 Å². The SMILES string of the molecule is CCC1=CC(=O)OCc2c1cc(I)nc2OC. The van der Waals surface area contributed by atoms with Crippen LogP contribution in [-0.2, 0) is 16.1 Å². The van der Waals surface area contributed by atoms with E-state index >= 15 is 0 Å². The van der Waals surface area contributed by atoms with E-state index in [-0.39, 0.29) is 12.6 Å². The van der Waals surface area contributed by atoms with Crippen LogP contribution in [0.4, 0.5) is 0 Å². The second kappa shape index (κ2) is 5.03. The molecule has 0 amide bonds. The van der Waals surface area contributed by atoms with Crippen molar-refractivity contribution in [1.82, 2.24) is 4.98 Å². The minimum Gasteiger partial charge on any atom is -0.481 e. The molecule has 1 aliphatic heterocycles. The number of hydrogen-bond acceptors (Lipinski definition) is 4. The fourth-order valence-corrected chi connectivity index (χ4v) is 2.34. The van der Waals surface area contributed by atoms with E-state index in [9.17, 15) is 4.79 Å². The monoisotopic (exact) mass is 345 g/mol. The number of nitrogens with zero attached hydrogens (tertiary/aromatic N) is 1. The van der Waals surface area contributed by atoms with Crippen LogP contribution in [0, 0.1) is 3.70 Å². The Morgan fingerprint density at radius 2 is 2.35 bits per heavy atom. The zero-order valence-corrected chi connectivity index (χ0v) is 11.8. The van der Waals surface area contributed by atoms with Crippen molar-refractivity contribution in [2.24, 2.45) is 0 Å². The summed E-state index contributed by atoms with van der Waals surface area (Å²) in [6.45, 7) is 2.22. The molecule has 0 aliphatic carbocycles. The van der Waals surface area contributed by atoms with Crippen LogP contribution < -0.4 is 4.74 Å². The second-order valence-corrected chi connectivity index (χ2v) is 4.72. The lowest BCUT2D eigenvalue weighted by Crippen LogP contribution is -2.03. The Kier molecular flexibility index (Phi) is 3.66. The molecule has 0 spiro atoms. The fourth-order valence-electron chi connectivity index (χ4n) is 1.81. The van der Waals surface area contributed by atoms with Crippen molar-refractivity contribution >= 4 is 34.1 Å². The van der Waals surface area contributed by atoms with Gasteiger partial charge in [-0.1, -0.05) is 6.92 Å². The lowest BCUT2D eigenvalue weighted by Gasteiger charge is -2.12. The van der Waals surface area contributed by atoms with Crippen LogP contribution in [0.3, 0.4) is 0 Å². The molecule has 17 heavy (non-hydrogen) atoms. The summed E-state index contributed by atoms with van der Waals surface area (Å²) in [7, 11) is 1.57. The van der Waals surface area contributed by atoms with Crippen LogP contribution in [-0.4, -0.2) is 18.1 Å². The van der Waals surface area contributed by atoms with Gasteiger partial charge in [-0.2, -0.15) is 0 Å². The van der Waals surface area contributed by atoms with Crippen molar-refractivity contribution in [2.45, 2.75) is 20.0 Å². The van der Waals surface area contributed by atoms with Crippen LogP contribution in [0.15, 0.2) is 12.1 Å². The maximum atomic E-state index is 11.4. The van der Waals surface area contributed by atoms with Gasteiger partial charge in [0.2, 0.25) is 5.88 Å². The summed E-state index contributed by atoms with van der Waals surface area (Å²) in [5.74, 6) is 0.219. The highest BCUT2D eigenvalue weighted by Crippen LogP contribution is 2.32. The first kappa shape index (κ1) is 12.3. The topological polar surface area (TPSA) is 48.4 Å². The Balaban J connectivity index is 2.64. The zero-order valence-electron chi connectivity index (χ0n) is 9.62. The number of hydrogen-bond donors (Lipinski definition) is 0. The molecule has 0 fully saturated rings. The molecule has 0 bridgehead atoms. The molecule has 1 aromatic heterocycles. The first-order valence-electron chi connectivity index (χ1n) is 5.26. The summed E-state index contributed by atoms with van der Waals surface area (Å²) < 4.78 is 11.2. The molecule has 0 unspecified atom stereocenters.